The second kappa shape index (κ2) is 4.29. The smallest absolute Gasteiger partial charge is 0.339 e. The van der Waals surface area contributed by atoms with E-state index in [-0.39, 0.29) is 5.56 Å². The molecule has 4 nitrogen and oxygen atoms in total. The van der Waals surface area contributed by atoms with Crippen molar-refractivity contribution >= 4 is 5.97 Å². The molecule has 4 heteroatoms. The van der Waals surface area contributed by atoms with Gasteiger partial charge in [0.2, 0.25) is 0 Å². The predicted octanol–water partition coefficient (Wildman–Crippen LogP) is 2.71. The second-order valence-corrected chi connectivity index (χ2v) is 4.55. The molecular weight excluding hydrogens is 228 g/mol. The van der Waals surface area contributed by atoms with Crippen LogP contribution in [-0.2, 0) is 7.05 Å². The average Bonchev–Trinajstić information content (AvgIpc) is 2.68. The van der Waals surface area contributed by atoms with Crippen molar-refractivity contribution < 1.29 is 9.90 Å². The van der Waals surface area contributed by atoms with E-state index in [4.69, 9.17) is 0 Å². The number of hydrogen-bond acceptors (Lipinski definition) is 2. The topological polar surface area (TPSA) is 55.1 Å². The molecule has 1 heterocycles. The minimum absolute atomic E-state index is 0.240. The minimum atomic E-state index is -0.948. The molecule has 0 unspecified atom stereocenters. The number of nitrogens with zero attached hydrogens (tertiary/aromatic N) is 2. The van der Waals surface area contributed by atoms with Crippen LogP contribution in [0.2, 0.25) is 0 Å². The Morgan fingerprint density at radius 3 is 2.50 bits per heavy atom. The third kappa shape index (κ3) is 1.90. The van der Waals surface area contributed by atoms with Gasteiger partial charge in [-0.2, -0.15) is 5.10 Å². The summed E-state index contributed by atoms with van der Waals surface area (Å²) in [4.78, 5) is 11.2. The van der Waals surface area contributed by atoms with Crippen LogP contribution in [0.15, 0.2) is 18.3 Å². The number of benzene rings is 1. The summed E-state index contributed by atoms with van der Waals surface area (Å²) in [6.45, 7) is 6.08. The lowest BCUT2D eigenvalue weighted by Crippen LogP contribution is -1.99. The van der Waals surface area contributed by atoms with E-state index in [0.717, 1.165) is 11.1 Å². The van der Waals surface area contributed by atoms with E-state index in [9.17, 15) is 9.90 Å². The SMILES string of the molecule is Cc1ccc(-c2nn(C)cc2C(=O)O)c(C)c1C. The van der Waals surface area contributed by atoms with Crippen LogP contribution in [0.5, 0.6) is 0 Å². The fraction of sp³-hybridized carbons (Fsp3) is 0.286. The Morgan fingerprint density at radius 2 is 1.89 bits per heavy atom. The molecule has 0 atom stereocenters. The Balaban J connectivity index is 2.70. The maximum Gasteiger partial charge on any atom is 0.339 e. The Labute approximate surface area is 106 Å². The van der Waals surface area contributed by atoms with Crippen LogP contribution in [0.3, 0.4) is 0 Å². The first kappa shape index (κ1) is 12.4. The van der Waals surface area contributed by atoms with E-state index in [1.807, 2.05) is 32.9 Å². The van der Waals surface area contributed by atoms with E-state index in [0.29, 0.717) is 5.69 Å². The van der Waals surface area contributed by atoms with Crippen molar-refractivity contribution in [2.45, 2.75) is 20.8 Å². The van der Waals surface area contributed by atoms with Gasteiger partial charge in [0.05, 0.1) is 0 Å². The number of carboxylic acid groups (broad SMARTS) is 1. The molecule has 0 radical (unpaired) electrons. The molecular formula is C14H16N2O2. The van der Waals surface area contributed by atoms with Gasteiger partial charge in [0.25, 0.3) is 0 Å². The highest BCUT2D eigenvalue weighted by atomic mass is 16.4. The Bertz CT molecular complexity index is 627. The highest BCUT2D eigenvalue weighted by Gasteiger charge is 2.18. The zero-order valence-electron chi connectivity index (χ0n) is 11.0. The van der Waals surface area contributed by atoms with Crippen molar-refractivity contribution in [2.75, 3.05) is 0 Å². The van der Waals surface area contributed by atoms with Crippen LogP contribution in [0.25, 0.3) is 11.3 Å². The van der Waals surface area contributed by atoms with Crippen LogP contribution in [0.4, 0.5) is 0 Å². The van der Waals surface area contributed by atoms with Crippen LogP contribution >= 0.6 is 0 Å². The Hall–Kier alpha value is -2.10. The molecule has 0 fully saturated rings. The van der Waals surface area contributed by atoms with Gasteiger partial charge in [-0.1, -0.05) is 12.1 Å². The first-order chi connectivity index (χ1) is 8.41. The van der Waals surface area contributed by atoms with Gasteiger partial charge in [-0.15, -0.1) is 0 Å². The molecule has 0 bridgehead atoms. The monoisotopic (exact) mass is 244 g/mol. The van der Waals surface area contributed by atoms with Gasteiger partial charge in [-0.25, -0.2) is 4.79 Å². The summed E-state index contributed by atoms with van der Waals surface area (Å²) < 4.78 is 1.54. The molecule has 0 spiro atoms. The van der Waals surface area contributed by atoms with Crippen LogP contribution in [0, 0.1) is 20.8 Å². The molecule has 1 aromatic heterocycles. The van der Waals surface area contributed by atoms with Crippen molar-refractivity contribution in [3.63, 3.8) is 0 Å². The van der Waals surface area contributed by atoms with Crippen molar-refractivity contribution in [1.82, 2.24) is 9.78 Å². The lowest BCUT2D eigenvalue weighted by Gasteiger charge is -2.10. The summed E-state index contributed by atoms with van der Waals surface area (Å²) in [6.07, 6.45) is 1.53. The largest absolute Gasteiger partial charge is 0.478 e. The lowest BCUT2D eigenvalue weighted by atomic mass is 9.95. The zero-order valence-corrected chi connectivity index (χ0v) is 11.0. The molecule has 1 aromatic carbocycles. The molecule has 0 aliphatic heterocycles. The fourth-order valence-electron chi connectivity index (χ4n) is 2.06. The van der Waals surface area contributed by atoms with Gasteiger partial charge < -0.3 is 5.11 Å². The molecule has 2 rings (SSSR count). The average molecular weight is 244 g/mol. The van der Waals surface area contributed by atoms with Crippen molar-refractivity contribution in [1.29, 1.82) is 0 Å². The van der Waals surface area contributed by atoms with Gasteiger partial charge in [0, 0.05) is 18.8 Å². The molecule has 1 N–H and O–H groups in total. The van der Waals surface area contributed by atoms with Crippen LogP contribution in [-0.4, -0.2) is 20.9 Å². The molecule has 0 saturated carbocycles. The molecule has 0 aliphatic rings. The molecule has 94 valence electrons. The van der Waals surface area contributed by atoms with Gasteiger partial charge in [-0.05, 0) is 37.5 Å². The van der Waals surface area contributed by atoms with E-state index in [1.165, 1.54) is 22.0 Å². The van der Waals surface area contributed by atoms with E-state index in [2.05, 4.69) is 5.10 Å². The zero-order chi connectivity index (χ0) is 13.4. The highest BCUT2D eigenvalue weighted by Crippen LogP contribution is 2.28. The third-order valence-corrected chi connectivity index (χ3v) is 3.37. The van der Waals surface area contributed by atoms with Gasteiger partial charge in [0.15, 0.2) is 0 Å². The highest BCUT2D eigenvalue weighted by molar-refractivity contribution is 5.95. The quantitative estimate of drug-likeness (QED) is 0.883. The van der Waals surface area contributed by atoms with E-state index in [1.54, 1.807) is 7.05 Å². The standard InChI is InChI=1S/C14H16N2O2/c1-8-5-6-11(10(3)9(8)2)13-12(14(17)18)7-16(4)15-13/h5-7H,1-4H3,(H,17,18). The first-order valence-electron chi connectivity index (χ1n) is 5.76. The lowest BCUT2D eigenvalue weighted by molar-refractivity contribution is 0.0697. The summed E-state index contributed by atoms with van der Waals surface area (Å²) in [7, 11) is 1.73. The van der Waals surface area contributed by atoms with Crippen LogP contribution < -0.4 is 0 Å². The third-order valence-electron chi connectivity index (χ3n) is 3.37. The maximum atomic E-state index is 11.2. The maximum absolute atomic E-state index is 11.2. The second-order valence-electron chi connectivity index (χ2n) is 4.55. The molecule has 2 aromatic rings. The Kier molecular flexibility index (Phi) is 2.95. The molecule has 0 amide bonds. The van der Waals surface area contributed by atoms with E-state index >= 15 is 0 Å². The van der Waals surface area contributed by atoms with Crippen molar-refractivity contribution in [2.24, 2.45) is 7.05 Å². The first-order valence-corrected chi connectivity index (χ1v) is 5.76. The van der Waals surface area contributed by atoms with Gasteiger partial charge >= 0.3 is 5.97 Å². The van der Waals surface area contributed by atoms with Crippen molar-refractivity contribution in [3.8, 4) is 11.3 Å². The van der Waals surface area contributed by atoms with Gasteiger partial charge in [-0.3, -0.25) is 4.68 Å². The Morgan fingerprint density at radius 1 is 1.22 bits per heavy atom. The van der Waals surface area contributed by atoms with Crippen molar-refractivity contribution in [3.05, 3.63) is 40.6 Å². The molecule has 0 saturated heterocycles. The number of aryl methyl sites for hydroxylation is 2. The van der Waals surface area contributed by atoms with E-state index < -0.39 is 5.97 Å². The number of carbonyl (C=O) groups is 1. The number of aromatic nitrogens is 2. The molecule has 18 heavy (non-hydrogen) atoms. The van der Waals surface area contributed by atoms with Crippen LogP contribution in [0.1, 0.15) is 27.0 Å². The van der Waals surface area contributed by atoms with Gasteiger partial charge in [0.1, 0.15) is 11.3 Å². The summed E-state index contributed by atoms with van der Waals surface area (Å²) in [6, 6.07) is 3.93. The number of aromatic carboxylic acids is 1. The normalized spacial score (nSPS) is 10.7. The molecule has 0 aliphatic carbocycles. The number of carboxylic acids is 1. The minimum Gasteiger partial charge on any atom is -0.478 e. The number of hydrogen-bond donors (Lipinski definition) is 1. The summed E-state index contributed by atoms with van der Waals surface area (Å²) in [5.74, 6) is -0.948. The number of rotatable bonds is 2. The summed E-state index contributed by atoms with van der Waals surface area (Å²) >= 11 is 0. The summed E-state index contributed by atoms with van der Waals surface area (Å²) in [5, 5.41) is 13.5. The predicted molar refractivity (Wildman–Crippen MR) is 69.8 cm³/mol. The summed E-state index contributed by atoms with van der Waals surface area (Å²) in [5.41, 5.74) is 5.11. The fourth-order valence-corrected chi connectivity index (χ4v) is 2.06.